The lowest BCUT2D eigenvalue weighted by Crippen LogP contribution is -2.52. The zero-order valence-corrected chi connectivity index (χ0v) is 22.0. The molecular formula is C33H27NO6. The van der Waals surface area contributed by atoms with E-state index in [2.05, 4.69) is 6.07 Å². The van der Waals surface area contributed by atoms with Gasteiger partial charge in [-0.3, -0.25) is 9.59 Å². The zero-order valence-electron chi connectivity index (χ0n) is 22.0. The number of aliphatic carboxylic acids is 1. The van der Waals surface area contributed by atoms with E-state index >= 15 is 0 Å². The number of hydrogen-bond donors (Lipinski definition) is 1. The first-order chi connectivity index (χ1) is 19.5. The average Bonchev–Trinajstić information content (AvgIpc) is 2.97. The summed E-state index contributed by atoms with van der Waals surface area (Å²) in [6.07, 6.45) is 0. The van der Waals surface area contributed by atoms with Crippen molar-refractivity contribution in [3.05, 3.63) is 114 Å². The molecule has 4 atom stereocenters. The number of hydrogen-bond acceptors (Lipinski definition) is 6. The Morgan fingerprint density at radius 3 is 1.77 bits per heavy atom. The highest BCUT2D eigenvalue weighted by Gasteiger charge is 2.60. The minimum atomic E-state index is -1.04. The second kappa shape index (κ2) is 11.3. The van der Waals surface area contributed by atoms with Crippen molar-refractivity contribution in [1.29, 1.82) is 5.26 Å². The van der Waals surface area contributed by atoms with E-state index in [1.165, 1.54) is 14.2 Å². The summed E-state index contributed by atoms with van der Waals surface area (Å²) in [4.78, 5) is 26.7. The van der Waals surface area contributed by atoms with Crippen molar-refractivity contribution in [3.63, 3.8) is 0 Å². The molecule has 1 aliphatic rings. The summed E-state index contributed by atoms with van der Waals surface area (Å²) in [7, 11) is 3.01. The Morgan fingerprint density at radius 1 is 0.700 bits per heavy atom. The van der Waals surface area contributed by atoms with Gasteiger partial charge in [-0.1, -0.05) is 72.8 Å². The maximum Gasteiger partial charge on any atom is 0.315 e. The van der Waals surface area contributed by atoms with Crippen LogP contribution in [0.5, 0.6) is 17.2 Å². The van der Waals surface area contributed by atoms with Crippen molar-refractivity contribution in [1.82, 2.24) is 0 Å². The number of benzene rings is 4. The van der Waals surface area contributed by atoms with Crippen molar-refractivity contribution >= 4 is 11.9 Å². The topological polar surface area (TPSA) is 106 Å². The van der Waals surface area contributed by atoms with Crippen molar-refractivity contribution in [3.8, 4) is 34.4 Å². The van der Waals surface area contributed by atoms with Crippen LogP contribution >= 0.6 is 0 Å². The average molecular weight is 534 g/mol. The number of rotatable bonds is 8. The molecule has 5 rings (SSSR count). The third-order valence-corrected chi connectivity index (χ3v) is 7.52. The van der Waals surface area contributed by atoms with Crippen LogP contribution in [0.4, 0.5) is 0 Å². The van der Waals surface area contributed by atoms with Crippen molar-refractivity contribution < 1.29 is 28.9 Å². The standard InChI is InChI=1S/C33H27NO6/c1-38-25-14-8-6-12-23(25)28-30(32(35)36)29(24-13-7-9-15-26(24)39-2)31(28)33(37)40-27-18-21(16-17-22(27)19-34)20-10-4-3-5-11-20/h3-18,28-31H,1-2H3,(H,35,36)/t28-,29?,30-,31?/m0/s1. The zero-order chi connectivity index (χ0) is 28.2. The van der Waals surface area contributed by atoms with Gasteiger partial charge in [0.1, 0.15) is 23.3 Å². The van der Waals surface area contributed by atoms with Gasteiger partial charge < -0.3 is 19.3 Å². The molecule has 1 aliphatic carbocycles. The van der Waals surface area contributed by atoms with E-state index in [0.29, 0.717) is 22.6 Å². The third-order valence-electron chi connectivity index (χ3n) is 7.52. The van der Waals surface area contributed by atoms with E-state index in [4.69, 9.17) is 14.2 Å². The van der Waals surface area contributed by atoms with Gasteiger partial charge in [-0.05, 0) is 46.5 Å². The van der Waals surface area contributed by atoms with E-state index in [0.717, 1.165) is 11.1 Å². The molecule has 2 unspecified atom stereocenters. The van der Waals surface area contributed by atoms with Crippen molar-refractivity contribution in [2.24, 2.45) is 11.8 Å². The third kappa shape index (κ3) is 4.76. The quantitative estimate of drug-likeness (QED) is 0.217. The van der Waals surface area contributed by atoms with Gasteiger partial charge in [0.15, 0.2) is 0 Å². The molecule has 7 nitrogen and oxygen atoms in total. The van der Waals surface area contributed by atoms with Gasteiger partial charge in [-0.2, -0.15) is 5.26 Å². The predicted molar refractivity (Wildman–Crippen MR) is 148 cm³/mol. The van der Waals surface area contributed by atoms with Gasteiger partial charge in [0.05, 0.1) is 31.6 Å². The SMILES string of the molecule is COc1ccccc1C1C(C(=O)Oc2cc(-c3ccccc3)ccc2C#N)[C@@H](c2ccccc2OC)[C@@H]1C(=O)O. The molecule has 0 aromatic heterocycles. The smallest absolute Gasteiger partial charge is 0.315 e. The van der Waals surface area contributed by atoms with Crippen LogP contribution in [0.1, 0.15) is 28.5 Å². The van der Waals surface area contributed by atoms with Crippen LogP contribution in [-0.4, -0.2) is 31.3 Å². The highest BCUT2D eigenvalue weighted by atomic mass is 16.5. The van der Waals surface area contributed by atoms with E-state index in [-0.39, 0.29) is 11.3 Å². The lowest BCUT2D eigenvalue weighted by atomic mass is 9.52. The number of methoxy groups -OCH3 is 2. The first kappa shape index (κ1) is 26.5. The molecule has 0 aliphatic heterocycles. The number of nitriles is 1. The molecule has 1 N–H and O–H groups in total. The summed E-state index contributed by atoms with van der Waals surface area (Å²) in [6, 6.07) is 30.9. The van der Waals surface area contributed by atoms with Crippen LogP contribution in [0, 0.1) is 23.2 Å². The first-order valence-electron chi connectivity index (χ1n) is 12.8. The molecule has 0 bridgehead atoms. The predicted octanol–water partition coefficient (Wildman–Crippen LogP) is 6.05. The Labute approximate surface area is 232 Å². The van der Waals surface area contributed by atoms with Gasteiger partial charge in [-0.25, -0.2) is 0 Å². The maximum atomic E-state index is 14.0. The minimum absolute atomic E-state index is 0.116. The number of carbonyl (C=O) groups excluding carboxylic acids is 1. The van der Waals surface area contributed by atoms with Crippen LogP contribution in [0.25, 0.3) is 11.1 Å². The fraction of sp³-hybridized carbons (Fsp3) is 0.182. The van der Waals surface area contributed by atoms with Gasteiger partial charge in [0.25, 0.3) is 0 Å². The molecule has 1 saturated carbocycles. The number of nitrogens with zero attached hydrogens (tertiary/aromatic N) is 1. The summed E-state index contributed by atoms with van der Waals surface area (Å²) < 4.78 is 17.0. The van der Waals surface area contributed by atoms with Crippen LogP contribution in [0.3, 0.4) is 0 Å². The van der Waals surface area contributed by atoms with Crippen molar-refractivity contribution in [2.75, 3.05) is 14.2 Å². The van der Waals surface area contributed by atoms with Gasteiger partial charge >= 0.3 is 11.9 Å². The first-order valence-corrected chi connectivity index (χ1v) is 12.8. The van der Waals surface area contributed by atoms with Crippen LogP contribution < -0.4 is 14.2 Å². The number of carboxylic acids is 1. The monoisotopic (exact) mass is 533 g/mol. The lowest BCUT2D eigenvalue weighted by molar-refractivity contribution is -0.158. The molecule has 0 heterocycles. The number of para-hydroxylation sites is 2. The van der Waals surface area contributed by atoms with Crippen LogP contribution in [0.2, 0.25) is 0 Å². The largest absolute Gasteiger partial charge is 0.496 e. The minimum Gasteiger partial charge on any atom is -0.496 e. The van der Waals surface area contributed by atoms with E-state index in [9.17, 15) is 20.0 Å². The number of carbonyl (C=O) groups is 2. The summed E-state index contributed by atoms with van der Waals surface area (Å²) in [5, 5.41) is 20.1. The fourth-order valence-corrected chi connectivity index (χ4v) is 5.69. The molecule has 0 spiro atoms. The molecule has 4 aromatic rings. The van der Waals surface area contributed by atoms with Gasteiger partial charge in [0, 0.05) is 11.8 Å². The maximum absolute atomic E-state index is 14.0. The highest BCUT2D eigenvalue weighted by Crippen LogP contribution is 2.60. The van der Waals surface area contributed by atoms with Crippen LogP contribution in [-0.2, 0) is 9.59 Å². The second-order valence-corrected chi connectivity index (χ2v) is 9.54. The molecule has 1 fully saturated rings. The highest BCUT2D eigenvalue weighted by molar-refractivity contribution is 5.87. The Bertz CT molecular complexity index is 1540. The molecule has 40 heavy (non-hydrogen) atoms. The van der Waals surface area contributed by atoms with Crippen molar-refractivity contribution in [2.45, 2.75) is 11.8 Å². The van der Waals surface area contributed by atoms with E-state index in [1.54, 1.807) is 66.7 Å². The Kier molecular flexibility index (Phi) is 7.52. The number of ether oxygens (including phenoxy) is 3. The summed E-state index contributed by atoms with van der Waals surface area (Å²) in [5.74, 6) is -3.90. The molecule has 0 saturated heterocycles. The molecule has 200 valence electrons. The second-order valence-electron chi connectivity index (χ2n) is 9.54. The fourth-order valence-electron chi connectivity index (χ4n) is 5.69. The summed E-state index contributed by atoms with van der Waals surface area (Å²) >= 11 is 0. The van der Waals surface area contributed by atoms with Crippen LogP contribution in [0.15, 0.2) is 97.1 Å². The Morgan fingerprint density at radius 2 is 1.25 bits per heavy atom. The molecule has 0 amide bonds. The lowest BCUT2D eigenvalue weighted by Gasteiger charge is -2.49. The Balaban J connectivity index is 1.60. The normalized spacial score (nSPS) is 19.5. The van der Waals surface area contributed by atoms with E-state index in [1.807, 2.05) is 30.3 Å². The summed E-state index contributed by atoms with van der Waals surface area (Å²) in [6.45, 7) is 0. The van der Waals surface area contributed by atoms with Gasteiger partial charge in [0.2, 0.25) is 0 Å². The Hall–Kier alpha value is -5.09. The number of carboxylic acid groups (broad SMARTS) is 1. The molecule has 0 radical (unpaired) electrons. The molecular weight excluding hydrogens is 506 g/mol. The van der Waals surface area contributed by atoms with Gasteiger partial charge in [-0.15, -0.1) is 0 Å². The molecule has 7 heteroatoms. The number of esters is 1. The molecule has 4 aromatic carbocycles. The summed E-state index contributed by atoms with van der Waals surface area (Å²) in [5.41, 5.74) is 3.08. The van der Waals surface area contributed by atoms with E-state index < -0.39 is 35.6 Å².